The Kier molecular flexibility index (Phi) is 2.06. The van der Waals surface area contributed by atoms with E-state index in [1.165, 1.54) is 6.39 Å². The number of rotatable bonds is 2. The van der Waals surface area contributed by atoms with Crippen molar-refractivity contribution in [1.82, 2.24) is 4.98 Å². The quantitative estimate of drug-likeness (QED) is 0.675. The lowest BCUT2D eigenvalue weighted by Gasteiger charge is -2.03. The van der Waals surface area contributed by atoms with Gasteiger partial charge in [-0.1, -0.05) is 6.92 Å². The van der Waals surface area contributed by atoms with E-state index in [0.29, 0.717) is 0 Å². The van der Waals surface area contributed by atoms with Crippen molar-refractivity contribution in [1.29, 1.82) is 0 Å². The maximum Gasteiger partial charge on any atom is 0.181 e. The standard InChI is InChI=1S/C7H12N2O/c1-3-6(8)7-5(2)9-4-10-7/h4,6H,3,8H2,1-2H3. The van der Waals surface area contributed by atoms with E-state index in [4.69, 9.17) is 10.2 Å². The second kappa shape index (κ2) is 2.84. The number of aryl methyl sites for hydroxylation is 1. The first-order chi connectivity index (χ1) is 4.75. The molecule has 0 aliphatic rings. The Labute approximate surface area is 60.2 Å². The van der Waals surface area contributed by atoms with E-state index in [-0.39, 0.29) is 6.04 Å². The highest BCUT2D eigenvalue weighted by atomic mass is 16.3. The summed E-state index contributed by atoms with van der Waals surface area (Å²) in [6.07, 6.45) is 2.32. The number of nitrogens with two attached hydrogens (primary N) is 1. The molecule has 1 heterocycles. The van der Waals surface area contributed by atoms with E-state index in [9.17, 15) is 0 Å². The van der Waals surface area contributed by atoms with Crippen LogP contribution >= 0.6 is 0 Å². The lowest BCUT2D eigenvalue weighted by Crippen LogP contribution is -2.08. The average molecular weight is 140 g/mol. The van der Waals surface area contributed by atoms with E-state index < -0.39 is 0 Å². The molecule has 56 valence electrons. The normalized spacial score (nSPS) is 13.5. The van der Waals surface area contributed by atoms with Gasteiger partial charge >= 0.3 is 0 Å². The Morgan fingerprint density at radius 3 is 2.90 bits per heavy atom. The van der Waals surface area contributed by atoms with E-state index in [1.807, 2.05) is 13.8 Å². The largest absolute Gasteiger partial charge is 0.447 e. The Balaban J connectivity index is 2.82. The lowest BCUT2D eigenvalue weighted by atomic mass is 10.1. The van der Waals surface area contributed by atoms with Crippen molar-refractivity contribution in [3.05, 3.63) is 17.8 Å². The molecule has 0 radical (unpaired) electrons. The molecule has 1 atom stereocenters. The van der Waals surface area contributed by atoms with Gasteiger partial charge < -0.3 is 10.2 Å². The molecule has 0 bridgehead atoms. The minimum absolute atomic E-state index is 0.00231. The van der Waals surface area contributed by atoms with Crippen LogP contribution in [-0.2, 0) is 0 Å². The summed E-state index contributed by atoms with van der Waals surface area (Å²) >= 11 is 0. The SMILES string of the molecule is CCC(N)c1ocnc1C. The van der Waals surface area contributed by atoms with E-state index >= 15 is 0 Å². The molecule has 1 aromatic heterocycles. The topological polar surface area (TPSA) is 52.0 Å². The first kappa shape index (κ1) is 7.28. The van der Waals surface area contributed by atoms with Crippen LogP contribution in [0.4, 0.5) is 0 Å². The molecular weight excluding hydrogens is 128 g/mol. The summed E-state index contributed by atoms with van der Waals surface area (Å²) in [5.41, 5.74) is 6.60. The zero-order chi connectivity index (χ0) is 7.56. The average Bonchev–Trinajstić information content (AvgIpc) is 2.34. The van der Waals surface area contributed by atoms with Gasteiger partial charge in [0, 0.05) is 0 Å². The molecule has 0 aliphatic heterocycles. The molecular formula is C7H12N2O. The molecule has 0 amide bonds. The molecule has 3 heteroatoms. The molecule has 0 saturated carbocycles. The fourth-order valence-electron chi connectivity index (χ4n) is 0.852. The number of aromatic nitrogens is 1. The molecule has 1 unspecified atom stereocenters. The highest BCUT2D eigenvalue weighted by Crippen LogP contribution is 2.15. The summed E-state index contributed by atoms with van der Waals surface area (Å²) in [4.78, 5) is 3.94. The second-order valence-corrected chi connectivity index (χ2v) is 2.32. The van der Waals surface area contributed by atoms with Crippen molar-refractivity contribution in [2.24, 2.45) is 5.73 Å². The number of hydrogen-bond acceptors (Lipinski definition) is 3. The lowest BCUT2D eigenvalue weighted by molar-refractivity contribution is 0.455. The molecule has 0 aliphatic carbocycles. The molecule has 10 heavy (non-hydrogen) atoms. The van der Waals surface area contributed by atoms with Crippen molar-refractivity contribution in [3.63, 3.8) is 0 Å². The third kappa shape index (κ3) is 1.19. The third-order valence-electron chi connectivity index (χ3n) is 1.56. The maximum atomic E-state index is 5.71. The number of oxazole rings is 1. The van der Waals surface area contributed by atoms with Gasteiger partial charge in [-0.2, -0.15) is 0 Å². The summed E-state index contributed by atoms with van der Waals surface area (Å²) < 4.78 is 5.08. The van der Waals surface area contributed by atoms with Gasteiger partial charge in [0.05, 0.1) is 11.7 Å². The molecule has 0 fully saturated rings. The smallest absolute Gasteiger partial charge is 0.181 e. The maximum absolute atomic E-state index is 5.71. The zero-order valence-electron chi connectivity index (χ0n) is 6.29. The van der Waals surface area contributed by atoms with Crippen molar-refractivity contribution >= 4 is 0 Å². The van der Waals surface area contributed by atoms with Crippen molar-refractivity contribution in [2.75, 3.05) is 0 Å². The summed E-state index contributed by atoms with van der Waals surface area (Å²) in [6.45, 7) is 3.92. The molecule has 0 spiro atoms. The summed E-state index contributed by atoms with van der Waals surface area (Å²) in [6, 6.07) is 0.00231. The van der Waals surface area contributed by atoms with Crippen LogP contribution in [0.5, 0.6) is 0 Å². The third-order valence-corrected chi connectivity index (χ3v) is 1.56. The van der Waals surface area contributed by atoms with Gasteiger partial charge in [0.15, 0.2) is 6.39 Å². The first-order valence-corrected chi connectivity index (χ1v) is 3.41. The fourth-order valence-corrected chi connectivity index (χ4v) is 0.852. The second-order valence-electron chi connectivity index (χ2n) is 2.32. The van der Waals surface area contributed by atoms with E-state index in [1.54, 1.807) is 0 Å². The van der Waals surface area contributed by atoms with Crippen molar-refractivity contribution in [3.8, 4) is 0 Å². The minimum Gasteiger partial charge on any atom is -0.447 e. The molecule has 1 aromatic rings. The van der Waals surface area contributed by atoms with Crippen molar-refractivity contribution in [2.45, 2.75) is 26.3 Å². The van der Waals surface area contributed by atoms with Crippen LogP contribution in [0.3, 0.4) is 0 Å². The minimum atomic E-state index is 0.00231. The summed E-state index contributed by atoms with van der Waals surface area (Å²) in [7, 11) is 0. The Hall–Kier alpha value is -0.830. The predicted octanol–water partition coefficient (Wildman–Crippen LogP) is 1.39. The fraction of sp³-hybridized carbons (Fsp3) is 0.571. The van der Waals surface area contributed by atoms with Gasteiger partial charge in [-0.25, -0.2) is 4.98 Å². The monoisotopic (exact) mass is 140 g/mol. The van der Waals surface area contributed by atoms with Gasteiger partial charge in [-0.05, 0) is 13.3 Å². The van der Waals surface area contributed by atoms with Crippen molar-refractivity contribution < 1.29 is 4.42 Å². The zero-order valence-corrected chi connectivity index (χ0v) is 6.29. The molecule has 0 saturated heterocycles. The molecule has 1 rings (SSSR count). The van der Waals surface area contributed by atoms with Gasteiger partial charge in [-0.15, -0.1) is 0 Å². The van der Waals surface area contributed by atoms with Crippen LogP contribution in [0.1, 0.15) is 30.8 Å². The summed E-state index contributed by atoms with van der Waals surface area (Å²) in [5.74, 6) is 0.808. The molecule has 0 aromatic carbocycles. The van der Waals surface area contributed by atoms with E-state index in [2.05, 4.69) is 4.98 Å². The van der Waals surface area contributed by atoms with Crippen LogP contribution in [0.15, 0.2) is 10.8 Å². The highest BCUT2D eigenvalue weighted by molar-refractivity contribution is 5.08. The van der Waals surface area contributed by atoms with Gasteiger partial charge in [0.2, 0.25) is 0 Å². The number of nitrogens with zero attached hydrogens (tertiary/aromatic N) is 1. The van der Waals surface area contributed by atoms with E-state index in [0.717, 1.165) is 17.9 Å². The van der Waals surface area contributed by atoms with Crippen LogP contribution in [-0.4, -0.2) is 4.98 Å². The molecule has 3 nitrogen and oxygen atoms in total. The predicted molar refractivity (Wildman–Crippen MR) is 38.5 cm³/mol. The molecule has 2 N–H and O–H groups in total. The van der Waals surface area contributed by atoms with Crippen LogP contribution in [0.25, 0.3) is 0 Å². The van der Waals surface area contributed by atoms with Crippen LogP contribution in [0.2, 0.25) is 0 Å². The van der Waals surface area contributed by atoms with Crippen LogP contribution in [0, 0.1) is 6.92 Å². The van der Waals surface area contributed by atoms with Crippen LogP contribution < -0.4 is 5.73 Å². The number of hydrogen-bond donors (Lipinski definition) is 1. The summed E-state index contributed by atoms with van der Waals surface area (Å²) in [5, 5.41) is 0. The first-order valence-electron chi connectivity index (χ1n) is 3.41. The highest BCUT2D eigenvalue weighted by Gasteiger charge is 2.10. The Bertz CT molecular complexity index is 207. The Morgan fingerprint density at radius 2 is 2.50 bits per heavy atom. The van der Waals surface area contributed by atoms with Gasteiger partial charge in [-0.3, -0.25) is 0 Å². The van der Waals surface area contributed by atoms with Gasteiger partial charge in [0.25, 0.3) is 0 Å². The van der Waals surface area contributed by atoms with Gasteiger partial charge in [0.1, 0.15) is 5.76 Å². The Morgan fingerprint density at radius 1 is 1.80 bits per heavy atom.